The smallest absolute Gasteiger partial charge is 0.184 e. The lowest BCUT2D eigenvalue weighted by Crippen LogP contribution is -2.39. The molecule has 7 rings (SSSR count). The Balaban J connectivity index is 1.48. The first kappa shape index (κ1) is 32.6. The molecule has 0 saturated heterocycles. The van der Waals surface area contributed by atoms with E-state index in [4.69, 9.17) is 26.9 Å². The summed E-state index contributed by atoms with van der Waals surface area (Å²) in [5.41, 5.74) is 7.31. The quantitative estimate of drug-likeness (QED) is 0.103. The molecule has 6 nitrogen and oxygen atoms in total. The fourth-order valence-electron chi connectivity index (χ4n) is 6.78. The van der Waals surface area contributed by atoms with Crippen molar-refractivity contribution in [3.63, 3.8) is 0 Å². The molecule has 5 aromatic carbocycles. The fraction of sp³-hybridized carbons (Fsp3) is 0.171. The van der Waals surface area contributed by atoms with Crippen LogP contribution in [0.25, 0.3) is 22.5 Å². The normalized spacial score (nSPS) is 11.6. The van der Waals surface area contributed by atoms with Gasteiger partial charge in [0.1, 0.15) is 11.4 Å². The van der Waals surface area contributed by atoms with E-state index in [9.17, 15) is 0 Å². The summed E-state index contributed by atoms with van der Waals surface area (Å²) in [7, 11) is 0. The number of hydrogen-bond donors (Lipinski definition) is 1. The average Bonchev–Trinajstić information content (AvgIpc) is 3.77. The van der Waals surface area contributed by atoms with Gasteiger partial charge >= 0.3 is 0 Å². The van der Waals surface area contributed by atoms with Crippen molar-refractivity contribution in [2.75, 3.05) is 0 Å². The van der Waals surface area contributed by atoms with Crippen LogP contribution in [0.15, 0.2) is 140 Å². The maximum atomic E-state index is 6.65. The average molecular weight is 681 g/mol. The highest BCUT2D eigenvalue weighted by molar-refractivity contribution is 7.79. The monoisotopic (exact) mass is 680 g/mol. The molecule has 0 aliphatic rings. The van der Waals surface area contributed by atoms with Crippen LogP contribution in [0.4, 0.5) is 0 Å². The highest BCUT2D eigenvalue weighted by Gasteiger charge is 2.42. The van der Waals surface area contributed by atoms with Crippen LogP contribution in [0.3, 0.4) is 0 Å². The first-order valence-corrected chi connectivity index (χ1v) is 17.6. The van der Waals surface area contributed by atoms with E-state index in [0.717, 1.165) is 69.7 Å². The lowest BCUT2D eigenvalue weighted by molar-refractivity contribution is 0.451. The van der Waals surface area contributed by atoms with E-state index in [0.29, 0.717) is 23.3 Å². The van der Waals surface area contributed by atoms with Crippen LogP contribution < -0.4 is 0 Å². The van der Waals surface area contributed by atoms with Crippen LogP contribution in [-0.4, -0.2) is 29.8 Å². The van der Waals surface area contributed by atoms with Crippen LogP contribution >= 0.6 is 24.2 Å². The molecule has 244 valence electrons. The lowest BCUT2D eigenvalue weighted by atomic mass is 9.77. The summed E-state index contributed by atoms with van der Waals surface area (Å²) in [6.45, 7) is 2.78. The molecule has 0 atom stereocenters. The summed E-state index contributed by atoms with van der Waals surface area (Å²) >= 11 is 11.3. The Hall–Kier alpha value is -4.98. The summed E-state index contributed by atoms with van der Waals surface area (Å²) in [5, 5.41) is 14.5. The molecule has 2 heterocycles. The van der Waals surface area contributed by atoms with Gasteiger partial charge in [-0.15, -0.1) is 5.10 Å². The van der Waals surface area contributed by atoms with Gasteiger partial charge in [0.05, 0.1) is 5.69 Å². The van der Waals surface area contributed by atoms with Gasteiger partial charge in [0.2, 0.25) is 0 Å². The zero-order valence-electron chi connectivity index (χ0n) is 27.3. The molecular formula is C41H37ClN6S. The summed E-state index contributed by atoms with van der Waals surface area (Å²) < 4.78 is 4.22. The van der Waals surface area contributed by atoms with Crippen molar-refractivity contribution in [2.45, 2.75) is 44.0 Å². The molecule has 49 heavy (non-hydrogen) atoms. The van der Waals surface area contributed by atoms with Gasteiger partial charge in [-0.2, -0.15) is 12.6 Å². The predicted molar refractivity (Wildman–Crippen MR) is 201 cm³/mol. The van der Waals surface area contributed by atoms with Crippen LogP contribution in [0.2, 0.25) is 5.15 Å². The zero-order chi connectivity index (χ0) is 33.6. The van der Waals surface area contributed by atoms with Crippen LogP contribution in [-0.2, 0) is 24.3 Å². The number of rotatable bonds is 12. The Morgan fingerprint density at radius 1 is 0.714 bits per heavy atom. The van der Waals surface area contributed by atoms with Gasteiger partial charge in [-0.3, -0.25) is 0 Å². The Morgan fingerprint density at radius 3 is 1.84 bits per heavy atom. The SMILES string of the molecule is CCCCc1nc(Cl)c(CS)n1Cc1ccc(-c2ccccc2)c(-c2nnnn2C(c2ccccc2)(c2ccccc2)c2ccccc2)c1. The molecular weight excluding hydrogens is 644 g/mol. The second-order valence-corrected chi connectivity index (χ2v) is 12.8. The molecule has 0 fully saturated rings. The summed E-state index contributed by atoms with van der Waals surface area (Å²) in [5.74, 6) is 2.13. The number of benzene rings is 5. The maximum absolute atomic E-state index is 6.65. The maximum Gasteiger partial charge on any atom is 0.184 e. The van der Waals surface area contributed by atoms with Gasteiger partial charge in [0.15, 0.2) is 11.0 Å². The van der Waals surface area contributed by atoms with Gasteiger partial charge in [-0.1, -0.05) is 158 Å². The van der Waals surface area contributed by atoms with E-state index in [1.807, 2.05) is 28.9 Å². The first-order valence-electron chi connectivity index (χ1n) is 16.6. The third-order valence-corrected chi connectivity index (χ3v) is 9.72. The number of imidazole rings is 1. The lowest BCUT2D eigenvalue weighted by Gasteiger charge is -2.36. The van der Waals surface area contributed by atoms with E-state index in [-0.39, 0.29) is 0 Å². The minimum Gasteiger partial charge on any atom is -0.325 e. The van der Waals surface area contributed by atoms with Crippen molar-refractivity contribution >= 4 is 24.2 Å². The summed E-state index contributed by atoms with van der Waals surface area (Å²) in [6.07, 6.45) is 2.96. The van der Waals surface area contributed by atoms with Gasteiger partial charge in [0.25, 0.3) is 0 Å². The number of tetrazole rings is 1. The van der Waals surface area contributed by atoms with Gasteiger partial charge in [0, 0.05) is 24.3 Å². The first-order chi connectivity index (χ1) is 24.1. The number of aryl methyl sites for hydroxylation is 1. The van der Waals surface area contributed by atoms with E-state index < -0.39 is 5.54 Å². The largest absolute Gasteiger partial charge is 0.325 e. The molecule has 0 aliphatic heterocycles. The number of halogens is 1. The molecule has 0 saturated carbocycles. The summed E-state index contributed by atoms with van der Waals surface area (Å²) in [4.78, 5) is 4.74. The van der Waals surface area contributed by atoms with E-state index in [1.165, 1.54) is 0 Å². The minimum absolute atomic E-state index is 0.499. The third kappa shape index (κ3) is 6.20. The number of hydrogen-bond acceptors (Lipinski definition) is 5. The molecule has 2 aromatic heterocycles. The van der Waals surface area contributed by atoms with Crippen LogP contribution in [0.1, 0.15) is 53.5 Å². The summed E-state index contributed by atoms with van der Waals surface area (Å²) in [6, 6.07) is 48.4. The number of thiol groups is 1. The van der Waals surface area contributed by atoms with Crippen LogP contribution in [0.5, 0.6) is 0 Å². The standard InChI is InChI=1S/C41H37ClN6S/c1-2-3-24-38-43-39(42)37(29-49)47(38)28-30-25-26-35(31-16-8-4-9-17-31)36(27-30)40-44-45-46-48(40)41(32-18-10-5-11-19-32,33-20-12-6-13-21-33)34-22-14-7-15-23-34/h4-23,25-27,49H,2-3,24,28-29H2,1H3. The topological polar surface area (TPSA) is 61.4 Å². The zero-order valence-corrected chi connectivity index (χ0v) is 29.0. The molecule has 0 radical (unpaired) electrons. The Labute approximate surface area is 297 Å². The van der Waals surface area contributed by atoms with E-state index in [1.54, 1.807) is 0 Å². The van der Waals surface area contributed by atoms with Crippen molar-refractivity contribution in [3.8, 4) is 22.5 Å². The highest BCUT2D eigenvalue weighted by Crippen LogP contribution is 2.43. The Kier molecular flexibility index (Phi) is 9.73. The molecule has 7 aromatic rings. The Morgan fingerprint density at radius 2 is 1.29 bits per heavy atom. The second-order valence-electron chi connectivity index (χ2n) is 12.1. The molecule has 0 bridgehead atoms. The van der Waals surface area contributed by atoms with Crippen molar-refractivity contribution < 1.29 is 0 Å². The van der Waals surface area contributed by atoms with E-state index in [2.05, 4.69) is 145 Å². The van der Waals surface area contributed by atoms with E-state index >= 15 is 0 Å². The van der Waals surface area contributed by atoms with Gasteiger partial charge in [-0.25, -0.2) is 9.67 Å². The molecule has 0 spiro atoms. The molecule has 0 aliphatic carbocycles. The molecule has 8 heteroatoms. The van der Waals surface area contributed by atoms with Crippen molar-refractivity contribution in [1.82, 2.24) is 29.8 Å². The van der Waals surface area contributed by atoms with Crippen LogP contribution in [0, 0.1) is 0 Å². The number of aromatic nitrogens is 6. The minimum atomic E-state index is -0.878. The molecule has 0 N–H and O–H groups in total. The number of nitrogens with zero attached hydrogens (tertiary/aromatic N) is 6. The van der Waals surface area contributed by atoms with Crippen molar-refractivity contribution in [3.05, 3.63) is 178 Å². The third-order valence-electron chi connectivity index (χ3n) is 9.12. The number of unbranched alkanes of at least 4 members (excludes halogenated alkanes) is 1. The van der Waals surface area contributed by atoms with Gasteiger partial charge in [-0.05, 0) is 56.3 Å². The van der Waals surface area contributed by atoms with Crippen molar-refractivity contribution in [2.24, 2.45) is 0 Å². The van der Waals surface area contributed by atoms with Gasteiger partial charge < -0.3 is 4.57 Å². The Bertz CT molecular complexity index is 2030. The highest BCUT2D eigenvalue weighted by atomic mass is 35.5. The fourth-order valence-corrected chi connectivity index (χ4v) is 7.46. The molecule has 0 amide bonds. The second kappa shape index (κ2) is 14.6. The van der Waals surface area contributed by atoms with Crippen molar-refractivity contribution in [1.29, 1.82) is 0 Å². The molecule has 0 unspecified atom stereocenters. The predicted octanol–water partition coefficient (Wildman–Crippen LogP) is 9.52.